The van der Waals surface area contributed by atoms with Crippen LogP contribution in [0.15, 0.2) is 36.4 Å². The third kappa shape index (κ3) is 2.92. The highest BCUT2D eigenvalue weighted by molar-refractivity contribution is 6.04. The second kappa shape index (κ2) is 7.00. The van der Waals surface area contributed by atoms with Crippen LogP contribution >= 0.6 is 0 Å². The molecule has 2 aliphatic heterocycles. The molecule has 0 saturated carbocycles. The number of hydrogen-bond donors (Lipinski definition) is 0. The first-order valence-corrected chi connectivity index (χ1v) is 9.03. The standard InChI is InChI=1S/C21H23NO4/c1-3-10-22-11-17-19(26-13-22)9-8-16-20(23)18(12-25-21(16)17)14-4-6-15(24-2)7-5-14/h4-9,18H,3,10-13H2,1-2H3. The minimum Gasteiger partial charge on any atom is -0.497 e. The zero-order chi connectivity index (χ0) is 18.1. The summed E-state index contributed by atoms with van der Waals surface area (Å²) in [5.41, 5.74) is 2.59. The zero-order valence-electron chi connectivity index (χ0n) is 15.2. The lowest BCUT2D eigenvalue weighted by molar-refractivity contribution is 0.0846. The first kappa shape index (κ1) is 16.9. The Morgan fingerprint density at radius 2 is 1.96 bits per heavy atom. The quantitative estimate of drug-likeness (QED) is 0.840. The van der Waals surface area contributed by atoms with Gasteiger partial charge in [0, 0.05) is 13.1 Å². The highest BCUT2D eigenvalue weighted by Gasteiger charge is 2.34. The van der Waals surface area contributed by atoms with E-state index in [1.165, 1.54) is 0 Å². The Bertz CT molecular complexity index is 816. The van der Waals surface area contributed by atoms with Gasteiger partial charge in [0.15, 0.2) is 5.78 Å². The minimum absolute atomic E-state index is 0.104. The van der Waals surface area contributed by atoms with E-state index >= 15 is 0 Å². The van der Waals surface area contributed by atoms with Crippen LogP contribution in [0.1, 0.15) is 40.7 Å². The van der Waals surface area contributed by atoms with Crippen molar-refractivity contribution in [3.63, 3.8) is 0 Å². The summed E-state index contributed by atoms with van der Waals surface area (Å²) >= 11 is 0. The molecule has 0 aliphatic carbocycles. The molecular weight excluding hydrogens is 330 g/mol. The van der Waals surface area contributed by atoms with Crippen LogP contribution in [-0.2, 0) is 6.54 Å². The Labute approximate surface area is 153 Å². The van der Waals surface area contributed by atoms with Crippen LogP contribution in [-0.4, -0.2) is 37.7 Å². The fourth-order valence-corrected chi connectivity index (χ4v) is 3.66. The van der Waals surface area contributed by atoms with Gasteiger partial charge in [-0.05, 0) is 36.2 Å². The van der Waals surface area contributed by atoms with Crippen molar-refractivity contribution in [2.45, 2.75) is 25.8 Å². The molecule has 2 aromatic carbocycles. The number of hydrogen-bond acceptors (Lipinski definition) is 5. The summed E-state index contributed by atoms with van der Waals surface area (Å²) in [6.07, 6.45) is 1.06. The molecule has 4 rings (SSSR count). The van der Waals surface area contributed by atoms with Gasteiger partial charge in [0.25, 0.3) is 0 Å². The maximum absolute atomic E-state index is 13.1. The largest absolute Gasteiger partial charge is 0.497 e. The summed E-state index contributed by atoms with van der Waals surface area (Å²) in [6, 6.07) is 11.3. The lowest BCUT2D eigenvalue weighted by Crippen LogP contribution is -2.34. The number of rotatable bonds is 4. The summed E-state index contributed by atoms with van der Waals surface area (Å²) in [4.78, 5) is 15.3. The first-order chi connectivity index (χ1) is 12.7. The van der Waals surface area contributed by atoms with Crippen molar-refractivity contribution in [3.8, 4) is 17.2 Å². The molecule has 1 unspecified atom stereocenters. The summed E-state index contributed by atoms with van der Waals surface area (Å²) in [7, 11) is 1.63. The van der Waals surface area contributed by atoms with E-state index in [2.05, 4.69) is 11.8 Å². The third-order valence-electron chi connectivity index (χ3n) is 5.04. The zero-order valence-corrected chi connectivity index (χ0v) is 15.2. The normalized spacial score (nSPS) is 19.2. The van der Waals surface area contributed by atoms with Gasteiger partial charge < -0.3 is 14.2 Å². The maximum atomic E-state index is 13.1. The van der Waals surface area contributed by atoms with Crippen molar-refractivity contribution in [2.24, 2.45) is 0 Å². The monoisotopic (exact) mass is 353 g/mol. The molecule has 2 aromatic rings. The van der Waals surface area contributed by atoms with Gasteiger partial charge in [0.2, 0.25) is 0 Å². The molecule has 0 spiro atoms. The summed E-state index contributed by atoms with van der Waals surface area (Å²) < 4.78 is 17.1. The lowest BCUT2D eigenvalue weighted by Gasteiger charge is -2.33. The molecule has 5 nitrogen and oxygen atoms in total. The average molecular weight is 353 g/mol. The van der Waals surface area contributed by atoms with Crippen molar-refractivity contribution in [1.82, 2.24) is 4.90 Å². The van der Waals surface area contributed by atoms with Gasteiger partial charge in [-0.15, -0.1) is 0 Å². The van der Waals surface area contributed by atoms with E-state index in [9.17, 15) is 4.79 Å². The number of Topliss-reactive ketones (excluding diaryl/α,β-unsaturated/α-hetero) is 1. The van der Waals surface area contributed by atoms with Crippen LogP contribution in [0.5, 0.6) is 17.2 Å². The molecule has 2 aliphatic rings. The molecule has 2 heterocycles. The van der Waals surface area contributed by atoms with Crippen molar-refractivity contribution in [2.75, 3.05) is 27.0 Å². The van der Waals surface area contributed by atoms with Crippen molar-refractivity contribution < 1.29 is 19.0 Å². The van der Waals surface area contributed by atoms with Crippen molar-refractivity contribution >= 4 is 5.78 Å². The fourth-order valence-electron chi connectivity index (χ4n) is 3.66. The number of ketones is 1. The number of ether oxygens (including phenoxy) is 3. The highest BCUT2D eigenvalue weighted by atomic mass is 16.5. The summed E-state index contributed by atoms with van der Waals surface area (Å²) in [5.74, 6) is 2.11. The Morgan fingerprint density at radius 3 is 2.69 bits per heavy atom. The number of methoxy groups -OCH3 is 1. The Hall–Kier alpha value is -2.53. The van der Waals surface area contributed by atoms with E-state index in [0.29, 0.717) is 24.7 Å². The molecule has 0 aromatic heterocycles. The number of carbonyl (C=O) groups is 1. The van der Waals surface area contributed by atoms with E-state index in [1.54, 1.807) is 7.11 Å². The summed E-state index contributed by atoms with van der Waals surface area (Å²) in [6.45, 7) is 4.80. The Balaban J connectivity index is 1.64. The molecule has 0 saturated heterocycles. The van der Waals surface area contributed by atoms with Crippen LogP contribution in [0.25, 0.3) is 0 Å². The van der Waals surface area contributed by atoms with E-state index in [0.717, 1.165) is 42.1 Å². The lowest BCUT2D eigenvalue weighted by atomic mass is 9.87. The molecule has 0 amide bonds. The maximum Gasteiger partial charge on any atom is 0.177 e. The second-order valence-electron chi connectivity index (χ2n) is 6.75. The molecule has 0 N–H and O–H groups in total. The molecule has 136 valence electrons. The number of carbonyl (C=O) groups excluding carboxylic acids is 1. The first-order valence-electron chi connectivity index (χ1n) is 9.03. The third-order valence-corrected chi connectivity index (χ3v) is 5.04. The van der Waals surface area contributed by atoms with E-state index in [4.69, 9.17) is 14.2 Å². The van der Waals surface area contributed by atoms with Crippen LogP contribution in [0, 0.1) is 0 Å². The van der Waals surface area contributed by atoms with Gasteiger partial charge in [0.05, 0.1) is 24.2 Å². The second-order valence-corrected chi connectivity index (χ2v) is 6.75. The van der Waals surface area contributed by atoms with Crippen LogP contribution in [0.4, 0.5) is 0 Å². The number of benzene rings is 2. The molecular formula is C21H23NO4. The van der Waals surface area contributed by atoms with Gasteiger partial charge in [-0.3, -0.25) is 9.69 Å². The van der Waals surface area contributed by atoms with Gasteiger partial charge in [-0.2, -0.15) is 0 Å². The molecule has 26 heavy (non-hydrogen) atoms. The van der Waals surface area contributed by atoms with Crippen molar-refractivity contribution in [1.29, 1.82) is 0 Å². The van der Waals surface area contributed by atoms with E-state index in [1.807, 2.05) is 36.4 Å². The van der Waals surface area contributed by atoms with E-state index in [-0.39, 0.29) is 11.7 Å². The van der Waals surface area contributed by atoms with Gasteiger partial charge in [0.1, 0.15) is 30.6 Å². The SMILES string of the molecule is CCCN1COc2ccc3c(c2C1)OCC(c1ccc(OC)cc1)C3=O. The van der Waals surface area contributed by atoms with Gasteiger partial charge in [-0.1, -0.05) is 19.1 Å². The molecule has 0 bridgehead atoms. The molecule has 0 radical (unpaired) electrons. The molecule has 0 fully saturated rings. The van der Waals surface area contributed by atoms with Gasteiger partial charge in [-0.25, -0.2) is 0 Å². The fraction of sp³-hybridized carbons (Fsp3) is 0.381. The Kier molecular flexibility index (Phi) is 4.55. The number of fused-ring (bicyclic) bond motifs is 3. The average Bonchev–Trinajstić information content (AvgIpc) is 2.68. The molecule has 5 heteroatoms. The minimum atomic E-state index is -0.289. The van der Waals surface area contributed by atoms with E-state index < -0.39 is 0 Å². The van der Waals surface area contributed by atoms with Gasteiger partial charge >= 0.3 is 0 Å². The van der Waals surface area contributed by atoms with Crippen LogP contribution < -0.4 is 14.2 Å². The summed E-state index contributed by atoms with van der Waals surface area (Å²) in [5, 5.41) is 0. The molecule has 1 atom stereocenters. The van der Waals surface area contributed by atoms with Crippen molar-refractivity contribution in [3.05, 3.63) is 53.1 Å². The number of nitrogens with zero attached hydrogens (tertiary/aromatic N) is 1. The predicted molar refractivity (Wildman–Crippen MR) is 98.2 cm³/mol. The van der Waals surface area contributed by atoms with Crippen LogP contribution in [0.3, 0.4) is 0 Å². The Morgan fingerprint density at radius 1 is 1.15 bits per heavy atom. The van der Waals surface area contributed by atoms with Crippen LogP contribution in [0.2, 0.25) is 0 Å². The smallest absolute Gasteiger partial charge is 0.177 e. The topological polar surface area (TPSA) is 48.0 Å². The highest BCUT2D eigenvalue weighted by Crippen LogP contribution is 2.41. The predicted octanol–water partition coefficient (Wildman–Crippen LogP) is 3.62.